The minimum atomic E-state index is -4.63. The van der Waals surface area contributed by atoms with Crippen LogP contribution in [0, 0.1) is 10.1 Å². The SMILES string of the molecule is O=c1c([N+](=O)[O-])c(NCCOc2ncccc2C(F)(F)F)nc2ccccn12. The summed E-state index contributed by atoms with van der Waals surface area (Å²) in [4.78, 5) is 30.2. The van der Waals surface area contributed by atoms with Crippen LogP contribution in [0.1, 0.15) is 5.56 Å². The highest BCUT2D eigenvalue weighted by Gasteiger charge is 2.35. The molecular formula is C16H12F3N5O4. The van der Waals surface area contributed by atoms with Gasteiger partial charge in [-0.1, -0.05) is 6.07 Å². The smallest absolute Gasteiger partial charge is 0.421 e. The molecule has 1 N–H and O–H groups in total. The number of hydrogen-bond donors (Lipinski definition) is 1. The van der Waals surface area contributed by atoms with E-state index < -0.39 is 33.8 Å². The topological polar surface area (TPSA) is 112 Å². The zero-order chi connectivity index (χ0) is 20.3. The van der Waals surface area contributed by atoms with Gasteiger partial charge in [0.05, 0.1) is 11.5 Å². The summed E-state index contributed by atoms with van der Waals surface area (Å²) in [6.45, 7) is -0.447. The van der Waals surface area contributed by atoms with E-state index in [1.807, 2.05) is 0 Å². The first-order valence-corrected chi connectivity index (χ1v) is 7.83. The fourth-order valence-electron chi connectivity index (χ4n) is 2.41. The molecule has 3 aromatic heterocycles. The molecule has 0 aliphatic rings. The Kier molecular flexibility index (Phi) is 5.11. The summed E-state index contributed by atoms with van der Waals surface area (Å²) in [7, 11) is 0. The number of halogens is 3. The first-order valence-electron chi connectivity index (χ1n) is 7.83. The summed E-state index contributed by atoms with van der Waals surface area (Å²) in [5, 5.41) is 13.8. The second-order valence-corrected chi connectivity index (χ2v) is 5.43. The Morgan fingerprint density at radius 1 is 1.25 bits per heavy atom. The number of pyridine rings is 2. The summed E-state index contributed by atoms with van der Waals surface area (Å²) < 4.78 is 44.7. The average Bonchev–Trinajstić information content (AvgIpc) is 2.64. The molecule has 3 rings (SSSR count). The highest BCUT2D eigenvalue weighted by atomic mass is 19.4. The minimum absolute atomic E-state index is 0.149. The molecule has 0 spiro atoms. The molecule has 0 amide bonds. The Balaban J connectivity index is 1.77. The molecule has 28 heavy (non-hydrogen) atoms. The van der Waals surface area contributed by atoms with Crippen molar-refractivity contribution in [2.45, 2.75) is 6.18 Å². The summed E-state index contributed by atoms with van der Waals surface area (Å²) in [5.41, 5.74) is -2.53. The summed E-state index contributed by atoms with van der Waals surface area (Å²) in [5.74, 6) is -0.917. The zero-order valence-electron chi connectivity index (χ0n) is 14.0. The molecule has 3 aromatic rings. The van der Waals surface area contributed by atoms with Gasteiger partial charge in [0.15, 0.2) is 0 Å². The van der Waals surface area contributed by atoms with Gasteiger partial charge in [-0.2, -0.15) is 13.2 Å². The van der Waals surface area contributed by atoms with Crippen LogP contribution in [0.15, 0.2) is 47.5 Å². The monoisotopic (exact) mass is 395 g/mol. The second kappa shape index (κ2) is 7.50. The van der Waals surface area contributed by atoms with E-state index in [4.69, 9.17) is 4.74 Å². The number of nitrogens with one attached hydrogen (secondary N) is 1. The van der Waals surface area contributed by atoms with E-state index >= 15 is 0 Å². The van der Waals surface area contributed by atoms with E-state index in [1.165, 1.54) is 18.3 Å². The van der Waals surface area contributed by atoms with Gasteiger partial charge in [0, 0.05) is 12.4 Å². The molecule has 0 atom stereocenters. The molecular weight excluding hydrogens is 383 g/mol. The molecule has 3 heterocycles. The van der Waals surface area contributed by atoms with Gasteiger partial charge < -0.3 is 10.1 Å². The minimum Gasteiger partial charge on any atom is -0.475 e. The molecule has 0 saturated carbocycles. The molecule has 9 nitrogen and oxygen atoms in total. The number of aromatic nitrogens is 3. The van der Waals surface area contributed by atoms with E-state index in [2.05, 4.69) is 15.3 Å². The Bertz CT molecular complexity index is 1080. The standard InChI is InChI=1S/C16H12F3N5O4/c17-16(18,19)10-4-3-6-21-14(10)28-9-7-20-13-12(24(26)27)15(25)23-8-2-1-5-11(23)22-13/h1-6,8,20H,7,9H2. The van der Waals surface area contributed by atoms with E-state index in [1.54, 1.807) is 6.07 Å². The summed E-state index contributed by atoms with van der Waals surface area (Å²) >= 11 is 0. The van der Waals surface area contributed by atoms with Crippen molar-refractivity contribution in [2.75, 3.05) is 18.5 Å². The van der Waals surface area contributed by atoms with Gasteiger partial charge in [0.2, 0.25) is 11.7 Å². The maximum Gasteiger partial charge on any atom is 0.421 e. The van der Waals surface area contributed by atoms with Crippen LogP contribution in [-0.4, -0.2) is 32.4 Å². The molecule has 12 heteroatoms. The predicted octanol–water partition coefficient (Wildman–Crippen LogP) is 2.51. The van der Waals surface area contributed by atoms with Crippen LogP contribution in [0.5, 0.6) is 5.88 Å². The highest BCUT2D eigenvalue weighted by molar-refractivity contribution is 5.59. The Morgan fingerprint density at radius 3 is 2.75 bits per heavy atom. The van der Waals surface area contributed by atoms with Gasteiger partial charge in [-0.05, 0) is 24.3 Å². The predicted molar refractivity (Wildman–Crippen MR) is 91.3 cm³/mol. The molecule has 0 unspecified atom stereocenters. The van der Waals surface area contributed by atoms with Crippen molar-refractivity contribution in [1.82, 2.24) is 14.4 Å². The molecule has 0 saturated heterocycles. The number of alkyl halides is 3. The molecule has 0 aromatic carbocycles. The maximum absolute atomic E-state index is 12.9. The lowest BCUT2D eigenvalue weighted by Crippen LogP contribution is -2.23. The molecule has 0 aliphatic heterocycles. The van der Waals surface area contributed by atoms with Crippen LogP contribution in [0.3, 0.4) is 0 Å². The van der Waals surface area contributed by atoms with E-state index in [9.17, 15) is 28.1 Å². The van der Waals surface area contributed by atoms with Gasteiger partial charge in [-0.15, -0.1) is 0 Å². The van der Waals surface area contributed by atoms with Gasteiger partial charge in [0.1, 0.15) is 17.8 Å². The van der Waals surface area contributed by atoms with Gasteiger partial charge in [0.25, 0.3) is 0 Å². The Morgan fingerprint density at radius 2 is 2.04 bits per heavy atom. The van der Waals surface area contributed by atoms with Crippen LogP contribution in [0.2, 0.25) is 0 Å². The maximum atomic E-state index is 12.9. The third kappa shape index (κ3) is 3.84. The first kappa shape index (κ1) is 19.1. The zero-order valence-corrected chi connectivity index (χ0v) is 14.0. The quantitative estimate of drug-likeness (QED) is 0.388. The second-order valence-electron chi connectivity index (χ2n) is 5.43. The highest BCUT2D eigenvalue weighted by Crippen LogP contribution is 2.34. The van der Waals surface area contributed by atoms with Gasteiger partial charge in [-0.3, -0.25) is 19.3 Å². The normalized spacial score (nSPS) is 11.4. The van der Waals surface area contributed by atoms with Crippen molar-refractivity contribution in [3.63, 3.8) is 0 Å². The lowest BCUT2D eigenvalue weighted by atomic mass is 10.2. The first-order chi connectivity index (χ1) is 13.3. The van der Waals surface area contributed by atoms with Crippen LogP contribution < -0.4 is 15.6 Å². The third-order valence-corrected chi connectivity index (χ3v) is 3.60. The van der Waals surface area contributed by atoms with Crippen LogP contribution in [0.25, 0.3) is 5.65 Å². The van der Waals surface area contributed by atoms with E-state index in [-0.39, 0.29) is 24.6 Å². The van der Waals surface area contributed by atoms with E-state index in [0.29, 0.717) is 0 Å². The van der Waals surface area contributed by atoms with Crippen molar-refractivity contribution in [3.05, 3.63) is 68.8 Å². The van der Waals surface area contributed by atoms with Crippen molar-refractivity contribution >= 4 is 17.2 Å². The van der Waals surface area contributed by atoms with Crippen LogP contribution in [-0.2, 0) is 6.18 Å². The molecule has 0 aliphatic carbocycles. The third-order valence-electron chi connectivity index (χ3n) is 3.60. The number of anilines is 1. The fraction of sp³-hybridized carbons (Fsp3) is 0.188. The lowest BCUT2D eigenvalue weighted by Gasteiger charge is -2.13. The largest absolute Gasteiger partial charge is 0.475 e. The van der Waals surface area contributed by atoms with Crippen molar-refractivity contribution < 1.29 is 22.8 Å². The molecule has 146 valence electrons. The summed E-state index contributed by atoms with van der Waals surface area (Å²) in [6.07, 6.45) is -2.15. The van der Waals surface area contributed by atoms with Crippen molar-refractivity contribution in [2.24, 2.45) is 0 Å². The number of nitro groups is 1. The number of fused-ring (bicyclic) bond motifs is 1. The number of nitrogens with zero attached hydrogens (tertiary/aromatic N) is 4. The number of hydrogen-bond acceptors (Lipinski definition) is 7. The van der Waals surface area contributed by atoms with Gasteiger partial charge >= 0.3 is 17.4 Å². The molecule has 0 bridgehead atoms. The Labute approximate surface area is 154 Å². The Hall–Kier alpha value is -3.70. The average molecular weight is 395 g/mol. The van der Waals surface area contributed by atoms with Crippen molar-refractivity contribution in [3.8, 4) is 5.88 Å². The van der Waals surface area contributed by atoms with E-state index in [0.717, 1.165) is 22.7 Å². The number of rotatable bonds is 6. The number of ether oxygens (including phenoxy) is 1. The molecule has 0 radical (unpaired) electrons. The molecule has 0 fully saturated rings. The fourth-order valence-corrected chi connectivity index (χ4v) is 2.41. The van der Waals surface area contributed by atoms with Crippen molar-refractivity contribution in [1.29, 1.82) is 0 Å². The lowest BCUT2D eigenvalue weighted by molar-refractivity contribution is -0.385. The van der Waals surface area contributed by atoms with Crippen LogP contribution >= 0.6 is 0 Å². The van der Waals surface area contributed by atoms with Crippen LogP contribution in [0.4, 0.5) is 24.7 Å². The summed E-state index contributed by atoms with van der Waals surface area (Å²) in [6, 6.07) is 6.55. The van der Waals surface area contributed by atoms with Gasteiger partial charge in [-0.25, -0.2) is 9.97 Å².